The lowest BCUT2D eigenvalue weighted by molar-refractivity contribution is 0.669. The highest BCUT2D eigenvalue weighted by Crippen LogP contribution is 2.40. The average Bonchev–Trinajstić information content (AvgIpc) is 3.56. The standard InChI is InChI=1S/C45H31N3O/c46-44(34-18-9-3-10-19-34)48-45(35-20-11-4-12-21-35)47-30-31-24-25-41-40(26-31)43-39(22-13-23-42(43)49-41)38-28-36(32-14-5-1-6-15-32)27-37(29-38)33-16-7-2-8-17-33/h1-30,46H. The van der Waals surface area contributed by atoms with Gasteiger partial charge in [-0.05, 0) is 81.4 Å². The molecule has 1 heterocycles. The molecule has 0 radical (unpaired) electrons. The number of rotatable bonds is 6. The number of aliphatic imine (C=N–C) groups is 2. The number of hydrogen-bond donors (Lipinski definition) is 1. The van der Waals surface area contributed by atoms with Crippen molar-refractivity contribution in [2.45, 2.75) is 0 Å². The molecule has 8 rings (SSSR count). The molecule has 0 saturated heterocycles. The molecular formula is C45H31N3O. The highest BCUT2D eigenvalue weighted by molar-refractivity contribution is 6.16. The molecule has 1 N–H and O–H groups in total. The van der Waals surface area contributed by atoms with E-state index >= 15 is 0 Å². The summed E-state index contributed by atoms with van der Waals surface area (Å²) in [6, 6.07) is 59.5. The highest BCUT2D eigenvalue weighted by Gasteiger charge is 2.15. The third-order valence-corrected chi connectivity index (χ3v) is 8.61. The second-order valence-electron chi connectivity index (χ2n) is 11.8. The summed E-state index contributed by atoms with van der Waals surface area (Å²) in [5.41, 5.74) is 11.0. The van der Waals surface area contributed by atoms with E-state index in [1.807, 2.05) is 97.2 Å². The Morgan fingerprint density at radius 2 is 1.06 bits per heavy atom. The molecule has 4 heteroatoms. The predicted molar refractivity (Wildman–Crippen MR) is 204 cm³/mol. The van der Waals surface area contributed by atoms with Gasteiger partial charge in [-0.15, -0.1) is 0 Å². The molecule has 0 atom stereocenters. The molecule has 4 nitrogen and oxygen atoms in total. The lowest BCUT2D eigenvalue weighted by Crippen LogP contribution is -2.04. The summed E-state index contributed by atoms with van der Waals surface area (Å²) in [5.74, 6) is 0.628. The first-order chi connectivity index (χ1) is 24.2. The van der Waals surface area contributed by atoms with Crippen molar-refractivity contribution in [1.29, 1.82) is 5.41 Å². The van der Waals surface area contributed by atoms with Gasteiger partial charge in [0.25, 0.3) is 0 Å². The summed E-state index contributed by atoms with van der Waals surface area (Å²) in [6.45, 7) is 0. The van der Waals surface area contributed by atoms with Crippen LogP contribution in [-0.4, -0.2) is 17.9 Å². The number of fused-ring (bicyclic) bond motifs is 3. The average molecular weight is 630 g/mol. The van der Waals surface area contributed by atoms with Gasteiger partial charge in [-0.3, -0.25) is 5.41 Å². The van der Waals surface area contributed by atoms with Crippen LogP contribution >= 0.6 is 0 Å². The molecule has 7 aromatic carbocycles. The zero-order chi connectivity index (χ0) is 33.0. The van der Waals surface area contributed by atoms with Crippen molar-refractivity contribution in [3.8, 4) is 33.4 Å². The first-order valence-corrected chi connectivity index (χ1v) is 16.2. The largest absolute Gasteiger partial charge is 0.456 e. The number of furan rings is 1. The van der Waals surface area contributed by atoms with Gasteiger partial charge >= 0.3 is 0 Å². The van der Waals surface area contributed by atoms with Crippen LogP contribution < -0.4 is 0 Å². The van der Waals surface area contributed by atoms with Gasteiger partial charge in [-0.1, -0.05) is 133 Å². The van der Waals surface area contributed by atoms with E-state index in [1.54, 1.807) is 0 Å². The number of nitrogens with zero attached hydrogens (tertiary/aromatic N) is 2. The summed E-state index contributed by atoms with van der Waals surface area (Å²) in [7, 11) is 0. The third-order valence-electron chi connectivity index (χ3n) is 8.61. The van der Waals surface area contributed by atoms with Gasteiger partial charge in [0.1, 0.15) is 11.2 Å². The molecule has 0 unspecified atom stereocenters. The van der Waals surface area contributed by atoms with Gasteiger partial charge in [-0.2, -0.15) is 0 Å². The Morgan fingerprint density at radius 3 is 1.69 bits per heavy atom. The van der Waals surface area contributed by atoms with Crippen LogP contribution in [0.3, 0.4) is 0 Å². The van der Waals surface area contributed by atoms with Gasteiger partial charge < -0.3 is 4.42 Å². The molecule has 8 aromatic rings. The minimum Gasteiger partial charge on any atom is -0.456 e. The Balaban J connectivity index is 1.24. The highest BCUT2D eigenvalue weighted by atomic mass is 16.3. The summed E-state index contributed by atoms with van der Waals surface area (Å²) in [5, 5.41) is 10.7. The van der Waals surface area contributed by atoms with E-state index in [4.69, 9.17) is 14.8 Å². The molecule has 0 amide bonds. The summed E-state index contributed by atoms with van der Waals surface area (Å²) >= 11 is 0. The molecule has 49 heavy (non-hydrogen) atoms. The number of benzene rings is 7. The topological polar surface area (TPSA) is 61.7 Å². The molecule has 0 saturated carbocycles. The van der Waals surface area contributed by atoms with Gasteiger partial charge in [0.2, 0.25) is 0 Å². The van der Waals surface area contributed by atoms with Crippen molar-refractivity contribution in [2.75, 3.05) is 0 Å². The minimum atomic E-state index is 0.158. The molecule has 0 fully saturated rings. The van der Waals surface area contributed by atoms with E-state index in [0.29, 0.717) is 5.84 Å². The van der Waals surface area contributed by atoms with E-state index in [-0.39, 0.29) is 5.84 Å². The summed E-state index contributed by atoms with van der Waals surface area (Å²) in [6.07, 6.45) is 1.81. The molecule has 0 bridgehead atoms. The fourth-order valence-corrected chi connectivity index (χ4v) is 6.20. The van der Waals surface area contributed by atoms with Crippen LogP contribution in [0.25, 0.3) is 55.3 Å². The Bertz CT molecular complexity index is 2420. The predicted octanol–water partition coefficient (Wildman–Crippen LogP) is 11.5. The normalized spacial score (nSPS) is 11.8. The summed E-state index contributed by atoms with van der Waals surface area (Å²) in [4.78, 5) is 9.46. The summed E-state index contributed by atoms with van der Waals surface area (Å²) < 4.78 is 6.40. The van der Waals surface area contributed by atoms with Crippen molar-refractivity contribution < 1.29 is 4.42 Å². The van der Waals surface area contributed by atoms with Crippen LogP contribution in [-0.2, 0) is 0 Å². The van der Waals surface area contributed by atoms with Crippen LogP contribution in [0.1, 0.15) is 16.7 Å². The number of hydrogen-bond acceptors (Lipinski definition) is 2. The Morgan fingerprint density at radius 1 is 0.490 bits per heavy atom. The molecule has 0 aliphatic carbocycles. The van der Waals surface area contributed by atoms with Gasteiger partial charge in [0, 0.05) is 28.1 Å². The molecule has 0 spiro atoms. The zero-order valence-corrected chi connectivity index (χ0v) is 26.6. The third kappa shape index (κ3) is 6.23. The smallest absolute Gasteiger partial charge is 0.161 e. The number of nitrogens with one attached hydrogen (secondary N) is 1. The van der Waals surface area contributed by atoms with Crippen LogP contribution in [0, 0.1) is 5.41 Å². The Labute approximate surface area is 284 Å². The van der Waals surface area contributed by atoms with Crippen molar-refractivity contribution in [2.24, 2.45) is 9.98 Å². The fraction of sp³-hybridized carbons (Fsp3) is 0. The maximum atomic E-state index is 8.64. The lowest BCUT2D eigenvalue weighted by Gasteiger charge is -2.12. The van der Waals surface area contributed by atoms with E-state index in [9.17, 15) is 0 Å². The van der Waals surface area contributed by atoms with Crippen molar-refractivity contribution in [3.05, 3.63) is 193 Å². The zero-order valence-electron chi connectivity index (χ0n) is 26.6. The second kappa shape index (κ2) is 13.2. The maximum Gasteiger partial charge on any atom is 0.161 e. The second-order valence-corrected chi connectivity index (χ2v) is 11.8. The SMILES string of the molecule is N=C(N=C(N=Cc1ccc2oc3cccc(-c4cc(-c5ccccc5)cc(-c5ccccc5)c4)c3c2c1)c1ccccc1)c1ccccc1. The van der Waals surface area contributed by atoms with E-state index in [0.717, 1.165) is 60.9 Å². The Hall–Kier alpha value is -6.65. The fourth-order valence-electron chi connectivity index (χ4n) is 6.20. The first-order valence-electron chi connectivity index (χ1n) is 16.2. The van der Waals surface area contributed by atoms with Crippen LogP contribution in [0.5, 0.6) is 0 Å². The monoisotopic (exact) mass is 629 g/mol. The quantitative estimate of drug-likeness (QED) is 0.144. The Kier molecular flexibility index (Phi) is 8.02. The molecule has 0 aliphatic rings. The minimum absolute atomic E-state index is 0.158. The lowest BCUT2D eigenvalue weighted by atomic mass is 9.91. The van der Waals surface area contributed by atoms with E-state index in [2.05, 4.69) is 89.9 Å². The molecule has 1 aromatic heterocycles. The van der Waals surface area contributed by atoms with Crippen LogP contribution in [0.2, 0.25) is 0 Å². The maximum absolute atomic E-state index is 8.64. The van der Waals surface area contributed by atoms with Gasteiger partial charge in [0.05, 0.1) is 0 Å². The first kappa shape index (κ1) is 29.7. The van der Waals surface area contributed by atoms with E-state index in [1.165, 1.54) is 11.1 Å². The van der Waals surface area contributed by atoms with Crippen molar-refractivity contribution >= 4 is 39.8 Å². The molecular weight excluding hydrogens is 599 g/mol. The molecule has 232 valence electrons. The van der Waals surface area contributed by atoms with Crippen LogP contribution in [0.4, 0.5) is 0 Å². The molecule has 0 aliphatic heterocycles. The van der Waals surface area contributed by atoms with Gasteiger partial charge in [0.15, 0.2) is 11.7 Å². The van der Waals surface area contributed by atoms with E-state index < -0.39 is 0 Å². The van der Waals surface area contributed by atoms with Crippen LogP contribution in [0.15, 0.2) is 190 Å². The number of amidine groups is 2. The van der Waals surface area contributed by atoms with Crippen molar-refractivity contribution in [3.63, 3.8) is 0 Å². The van der Waals surface area contributed by atoms with Gasteiger partial charge in [-0.25, -0.2) is 9.98 Å². The van der Waals surface area contributed by atoms with Crippen molar-refractivity contribution in [1.82, 2.24) is 0 Å².